The van der Waals surface area contributed by atoms with E-state index in [1.165, 1.54) is 11.1 Å². The first-order valence-corrected chi connectivity index (χ1v) is 11.6. The first-order valence-electron chi connectivity index (χ1n) is 11.6. The number of nitrogens with one attached hydrogen (secondary N) is 1. The highest BCUT2D eigenvalue weighted by Gasteiger charge is 2.51. The smallest absolute Gasteiger partial charge is 0.407 e. The highest BCUT2D eigenvalue weighted by molar-refractivity contribution is 5.83. The maximum atomic E-state index is 13.0. The number of carbonyl (C=O) groups excluding carboxylic acids is 2. The standard InChI is InChI=1S/C26H28N2O5/c1-15(24(29)28-16-10-11-23(28)21(12-16)25(30)31)13-27-26(32)33-14-22-19-8-4-2-6-17(19)18-7-3-5-9-20(18)22/h2-9,15-16,21-23H,10-14H2,1H3,(H,27,32)(H,30,31). The van der Waals surface area contributed by atoms with Crippen molar-refractivity contribution in [1.29, 1.82) is 0 Å². The molecular weight excluding hydrogens is 420 g/mol. The van der Waals surface area contributed by atoms with Crippen molar-refractivity contribution in [2.75, 3.05) is 13.2 Å². The summed E-state index contributed by atoms with van der Waals surface area (Å²) in [6.45, 7) is 2.14. The molecule has 0 spiro atoms. The second kappa shape index (κ2) is 8.54. The number of carboxylic acids is 1. The third-order valence-corrected chi connectivity index (χ3v) is 7.43. The van der Waals surface area contributed by atoms with Gasteiger partial charge >= 0.3 is 12.1 Å². The minimum atomic E-state index is -0.829. The number of benzene rings is 2. The average molecular weight is 449 g/mol. The number of carbonyl (C=O) groups is 3. The number of carboxylic acid groups (broad SMARTS) is 1. The number of hydrogen-bond donors (Lipinski definition) is 2. The first-order chi connectivity index (χ1) is 16.0. The molecule has 2 bridgehead atoms. The van der Waals surface area contributed by atoms with E-state index in [2.05, 4.69) is 29.6 Å². The lowest BCUT2D eigenvalue weighted by Crippen LogP contribution is -2.44. The second-order valence-electron chi connectivity index (χ2n) is 9.33. The Labute approximate surface area is 192 Å². The van der Waals surface area contributed by atoms with Crippen LogP contribution in [0, 0.1) is 11.8 Å². The maximum Gasteiger partial charge on any atom is 0.407 e. The van der Waals surface area contributed by atoms with Crippen molar-refractivity contribution in [3.63, 3.8) is 0 Å². The van der Waals surface area contributed by atoms with E-state index in [0.29, 0.717) is 6.42 Å². The zero-order valence-electron chi connectivity index (χ0n) is 18.6. The van der Waals surface area contributed by atoms with Crippen LogP contribution < -0.4 is 5.32 Å². The molecule has 2 aromatic rings. The Morgan fingerprint density at radius 1 is 1.06 bits per heavy atom. The molecule has 0 saturated carbocycles. The van der Waals surface area contributed by atoms with Gasteiger partial charge in [-0.15, -0.1) is 0 Å². The quantitative estimate of drug-likeness (QED) is 0.704. The fourth-order valence-electron chi connectivity index (χ4n) is 5.83. The summed E-state index contributed by atoms with van der Waals surface area (Å²) in [5.74, 6) is -1.86. The summed E-state index contributed by atoms with van der Waals surface area (Å²) >= 11 is 0. The van der Waals surface area contributed by atoms with Crippen molar-refractivity contribution >= 4 is 18.0 Å². The van der Waals surface area contributed by atoms with Crippen molar-refractivity contribution in [3.05, 3.63) is 59.7 Å². The highest BCUT2D eigenvalue weighted by atomic mass is 16.5. The van der Waals surface area contributed by atoms with Gasteiger partial charge in [0.25, 0.3) is 0 Å². The van der Waals surface area contributed by atoms with E-state index >= 15 is 0 Å². The lowest BCUT2D eigenvalue weighted by Gasteiger charge is -2.26. The largest absolute Gasteiger partial charge is 0.481 e. The molecule has 7 nitrogen and oxygen atoms in total. The molecule has 0 radical (unpaired) electrons. The lowest BCUT2D eigenvalue weighted by atomic mass is 9.89. The predicted octanol–water partition coefficient (Wildman–Crippen LogP) is 3.63. The highest BCUT2D eigenvalue weighted by Crippen LogP contribution is 2.45. The third kappa shape index (κ3) is 3.75. The van der Waals surface area contributed by atoms with Crippen LogP contribution in [0.3, 0.4) is 0 Å². The number of amides is 2. The number of nitrogens with zero attached hydrogens (tertiary/aromatic N) is 1. The van der Waals surface area contributed by atoms with Gasteiger partial charge in [0.2, 0.25) is 5.91 Å². The molecule has 2 fully saturated rings. The Kier molecular flexibility index (Phi) is 5.56. The Morgan fingerprint density at radius 3 is 2.30 bits per heavy atom. The number of hydrogen-bond acceptors (Lipinski definition) is 4. The van der Waals surface area contributed by atoms with E-state index < -0.39 is 23.9 Å². The number of ether oxygens (including phenoxy) is 1. The van der Waals surface area contributed by atoms with Crippen LogP contribution in [-0.4, -0.2) is 53.2 Å². The summed E-state index contributed by atoms with van der Waals surface area (Å²) in [6.07, 6.45) is 1.56. The Balaban J connectivity index is 1.16. The molecule has 7 heteroatoms. The summed E-state index contributed by atoms with van der Waals surface area (Å²) in [4.78, 5) is 38.6. The summed E-state index contributed by atoms with van der Waals surface area (Å²) in [5, 5.41) is 12.1. The monoisotopic (exact) mass is 448 g/mol. The molecule has 172 valence electrons. The van der Waals surface area contributed by atoms with Crippen molar-refractivity contribution in [2.45, 2.75) is 44.2 Å². The van der Waals surface area contributed by atoms with Crippen molar-refractivity contribution in [1.82, 2.24) is 10.2 Å². The van der Waals surface area contributed by atoms with Crippen molar-refractivity contribution in [2.24, 2.45) is 11.8 Å². The molecule has 2 amide bonds. The molecule has 2 N–H and O–H groups in total. The fourth-order valence-corrected chi connectivity index (χ4v) is 5.83. The number of alkyl carbamates (subject to hydrolysis) is 1. The van der Waals surface area contributed by atoms with Gasteiger partial charge in [-0.3, -0.25) is 9.59 Å². The van der Waals surface area contributed by atoms with E-state index in [4.69, 9.17) is 4.74 Å². The van der Waals surface area contributed by atoms with Crippen LogP contribution in [0.15, 0.2) is 48.5 Å². The molecule has 4 unspecified atom stereocenters. The van der Waals surface area contributed by atoms with Gasteiger partial charge in [0, 0.05) is 24.5 Å². The summed E-state index contributed by atoms with van der Waals surface area (Å²) in [6, 6.07) is 16.1. The topological polar surface area (TPSA) is 95.9 Å². The Bertz CT molecular complexity index is 1050. The number of aliphatic carboxylic acids is 1. The summed E-state index contributed by atoms with van der Waals surface area (Å²) in [7, 11) is 0. The molecule has 2 saturated heterocycles. The maximum absolute atomic E-state index is 13.0. The molecule has 33 heavy (non-hydrogen) atoms. The van der Waals surface area contributed by atoms with Crippen molar-refractivity contribution in [3.8, 4) is 11.1 Å². The normalized spacial score (nSPS) is 23.7. The number of fused-ring (bicyclic) bond motifs is 5. The van der Waals surface area contributed by atoms with E-state index in [0.717, 1.165) is 24.0 Å². The minimum absolute atomic E-state index is 0.000467. The molecule has 3 aliphatic rings. The molecule has 2 heterocycles. The SMILES string of the molecule is CC(CNC(=O)OCC1c2ccccc2-c2ccccc21)C(=O)N1C2CCC1C(C(=O)O)C2. The van der Waals surface area contributed by atoms with Gasteiger partial charge in [0.15, 0.2) is 0 Å². The van der Waals surface area contributed by atoms with E-state index in [1.54, 1.807) is 11.8 Å². The second-order valence-corrected chi connectivity index (χ2v) is 9.33. The molecule has 2 aliphatic heterocycles. The van der Waals surface area contributed by atoms with Crippen LogP contribution in [0.4, 0.5) is 4.79 Å². The Morgan fingerprint density at radius 2 is 1.70 bits per heavy atom. The van der Waals surface area contributed by atoms with Gasteiger partial charge in [-0.2, -0.15) is 0 Å². The zero-order valence-corrected chi connectivity index (χ0v) is 18.6. The molecule has 2 aromatic carbocycles. The average Bonchev–Trinajstić information content (AvgIpc) is 3.50. The van der Waals surface area contributed by atoms with Crippen LogP contribution in [0.2, 0.25) is 0 Å². The number of rotatable bonds is 6. The van der Waals surface area contributed by atoms with Crippen LogP contribution in [-0.2, 0) is 14.3 Å². The minimum Gasteiger partial charge on any atom is -0.481 e. The van der Waals surface area contributed by atoms with Crippen LogP contribution in [0.5, 0.6) is 0 Å². The van der Waals surface area contributed by atoms with E-state index in [1.807, 2.05) is 24.3 Å². The van der Waals surface area contributed by atoms with Crippen LogP contribution >= 0.6 is 0 Å². The van der Waals surface area contributed by atoms with Gasteiger partial charge in [0.05, 0.1) is 11.8 Å². The molecule has 4 atom stereocenters. The summed E-state index contributed by atoms with van der Waals surface area (Å²) < 4.78 is 5.55. The van der Waals surface area contributed by atoms with Crippen LogP contribution in [0.1, 0.15) is 43.2 Å². The fraction of sp³-hybridized carbons (Fsp3) is 0.423. The molecule has 1 aliphatic carbocycles. The Hall–Kier alpha value is -3.35. The van der Waals surface area contributed by atoms with Gasteiger partial charge in [-0.1, -0.05) is 55.5 Å². The predicted molar refractivity (Wildman–Crippen MR) is 122 cm³/mol. The van der Waals surface area contributed by atoms with Gasteiger partial charge < -0.3 is 20.1 Å². The van der Waals surface area contributed by atoms with Gasteiger partial charge in [-0.25, -0.2) is 4.79 Å². The lowest BCUT2D eigenvalue weighted by molar-refractivity contribution is -0.143. The first kappa shape index (κ1) is 21.5. The molecular formula is C26H28N2O5. The molecule has 5 rings (SSSR count). The van der Waals surface area contributed by atoms with Gasteiger partial charge in [-0.05, 0) is 41.5 Å². The van der Waals surface area contributed by atoms with E-state index in [-0.39, 0.29) is 37.1 Å². The molecule has 0 aromatic heterocycles. The van der Waals surface area contributed by atoms with E-state index in [9.17, 15) is 19.5 Å². The third-order valence-electron chi connectivity index (χ3n) is 7.43. The zero-order chi connectivity index (χ0) is 23.1. The van der Waals surface area contributed by atoms with Crippen molar-refractivity contribution < 1.29 is 24.2 Å². The van der Waals surface area contributed by atoms with Crippen LogP contribution in [0.25, 0.3) is 11.1 Å². The summed E-state index contributed by atoms with van der Waals surface area (Å²) in [5.41, 5.74) is 4.63. The van der Waals surface area contributed by atoms with Gasteiger partial charge in [0.1, 0.15) is 6.61 Å².